The molecule has 3 unspecified atom stereocenters. The maximum absolute atomic E-state index is 13.0. The van der Waals surface area contributed by atoms with Crippen LogP contribution in [0.2, 0.25) is 0 Å². The van der Waals surface area contributed by atoms with Gasteiger partial charge in [0.05, 0.1) is 24.8 Å². The average molecular weight is 461 g/mol. The van der Waals surface area contributed by atoms with Crippen molar-refractivity contribution in [3.8, 4) is 6.07 Å². The lowest BCUT2D eigenvalue weighted by Gasteiger charge is -2.31. The number of hydrogen-bond donors (Lipinski definition) is 2. The van der Waals surface area contributed by atoms with Crippen molar-refractivity contribution in [2.75, 3.05) is 12.9 Å². The first-order valence-electron chi connectivity index (χ1n) is 10.6. The molecule has 0 radical (unpaired) electrons. The molecule has 3 rings (SSSR count). The van der Waals surface area contributed by atoms with Crippen molar-refractivity contribution in [3.05, 3.63) is 36.0 Å². The van der Waals surface area contributed by atoms with E-state index >= 15 is 0 Å². The van der Waals surface area contributed by atoms with Gasteiger partial charge < -0.3 is 15.2 Å². The molecular weight excluding hydrogens is 432 g/mol. The number of para-hydroxylation sites is 1. The van der Waals surface area contributed by atoms with Crippen LogP contribution < -0.4 is 10.6 Å². The number of amides is 2. The molecule has 2 N–H and O–H groups in total. The maximum atomic E-state index is 13.0. The van der Waals surface area contributed by atoms with Gasteiger partial charge in [0.25, 0.3) is 16.0 Å². The summed E-state index contributed by atoms with van der Waals surface area (Å²) in [4.78, 5) is 25.9. The molecule has 1 aliphatic rings. The molecule has 0 bridgehead atoms. The number of rotatable bonds is 8. The van der Waals surface area contributed by atoms with Crippen molar-refractivity contribution in [3.63, 3.8) is 0 Å². The third-order valence-electron chi connectivity index (χ3n) is 5.78. The van der Waals surface area contributed by atoms with Crippen LogP contribution in [-0.4, -0.2) is 49.7 Å². The monoisotopic (exact) mass is 460 g/mol. The van der Waals surface area contributed by atoms with Gasteiger partial charge in [0.2, 0.25) is 5.91 Å². The SMILES string of the molecule is Cn1c(C(=O)NC2CCCCC2C(=O)NC(C#N)CCOS(C)(=O)=O)cc2ccccc21. The molecule has 1 fully saturated rings. The molecule has 1 aromatic heterocycles. The van der Waals surface area contributed by atoms with Gasteiger partial charge in [0.1, 0.15) is 11.7 Å². The summed E-state index contributed by atoms with van der Waals surface area (Å²) in [5.41, 5.74) is 1.47. The second kappa shape index (κ2) is 10.1. The van der Waals surface area contributed by atoms with Crippen LogP contribution in [0.25, 0.3) is 10.9 Å². The molecule has 2 amide bonds. The summed E-state index contributed by atoms with van der Waals surface area (Å²) in [5.74, 6) is -1.03. The van der Waals surface area contributed by atoms with Crippen LogP contribution in [0.1, 0.15) is 42.6 Å². The van der Waals surface area contributed by atoms with Crippen LogP contribution in [0, 0.1) is 17.2 Å². The first-order chi connectivity index (χ1) is 15.2. The van der Waals surface area contributed by atoms with Gasteiger partial charge in [-0.1, -0.05) is 31.0 Å². The number of aryl methyl sites for hydroxylation is 1. The van der Waals surface area contributed by atoms with Crippen molar-refractivity contribution < 1.29 is 22.2 Å². The smallest absolute Gasteiger partial charge is 0.268 e. The average Bonchev–Trinajstić information content (AvgIpc) is 3.09. The quantitative estimate of drug-likeness (QED) is 0.578. The number of aromatic nitrogens is 1. The molecular formula is C22H28N4O5S. The molecule has 0 saturated heterocycles. The Hall–Kier alpha value is -2.90. The molecule has 10 heteroatoms. The van der Waals surface area contributed by atoms with E-state index in [9.17, 15) is 23.3 Å². The normalized spacial score (nSPS) is 19.8. The van der Waals surface area contributed by atoms with Gasteiger partial charge in [0.15, 0.2) is 0 Å². The van der Waals surface area contributed by atoms with E-state index in [2.05, 4.69) is 14.8 Å². The summed E-state index contributed by atoms with van der Waals surface area (Å²) in [6.07, 6.45) is 4.00. The van der Waals surface area contributed by atoms with E-state index < -0.39 is 22.1 Å². The van der Waals surface area contributed by atoms with Crippen LogP contribution in [0.4, 0.5) is 0 Å². The Morgan fingerprint density at radius 3 is 2.69 bits per heavy atom. The lowest BCUT2D eigenvalue weighted by Crippen LogP contribution is -2.50. The van der Waals surface area contributed by atoms with Crippen molar-refractivity contribution in [1.82, 2.24) is 15.2 Å². The Morgan fingerprint density at radius 1 is 1.28 bits per heavy atom. The number of benzene rings is 1. The van der Waals surface area contributed by atoms with E-state index in [1.165, 1.54) is 0 Å². The standard InChI is InChI=1S/C22H28N4O5S/c1-26-19-10-6-3-7-15(19)13-20(26)22(28)25-18-9-5-4-8-17(18)21(27)24-16(14-23)11-12-31-32(2,29)30/h3,6-7,10,13,16-18H,4-5,8-9,11-12H2,1-2H3,(H,24,27)(H,25,28). The topological polar surface area (TPSA) is 130 Å². The maximum Gasteiger partial charge on any atom is 0.268 e. The van der Waals surface area contributed by atoms with Crippen molar-refractivity contribution in [2.24, 2.45) is 13.0 Å². The summed E-state index contributed by atoms with van der Waals surface area (Å²) in [6.45, 7) is -0.191. The molecule has 32 heavy (non-hydrogen) atoms. The first kappa shape index (κ1) is 23.8. The lowest BCUT2D eigenvalue weighted by atomic mass is 9.83. The molecule has 2 aromatic rings. The Balaban J connectivity index is 1.65. The molecule has 3 atom stereocenters. The summed E-state index contributed by atoms with van der Waals surface area (Å²) in [7, 11) is -1.78. The summed E-state index contributed by atoms with van der Waals surface area (Å²) in [5, 5.41) is 16.0. The van der Waals surface area contributed by atoms with Crippen LogP contribution >= 0.6 is 0 Å². The third kappa shape index (κ3) is 5.87. The fraction of sp³-hybridized carbons (Fsp3) is 0.500. The largest absolute Gasteiger partial charge is 0.347 e. The number of nitrogens with zero attached hydrogens (tertiary/aromatic N) is 2. The fourth-order valence-corrected chi connectivity index (χ4v) is 4.53. The highest BCUT2D eigenvalue weighted by atomic mass is 32.2. The highest BCUT2D eigenvalue weighted by Crippen LogP contribution is 2.26. The molecule has 1 heterocycles. The molecule has 1 aliphatic carbocycles. The summed E-state index contributed by atoms with van der Waals surface area (Å²) < 4.78 is 28.6. The lowest BCUT2D eigenvalue weighted by molar-refractivity contribution is -0.127. The van der Waals surface area contributed by atoms with Gasteiger partial charge in [-0.15, -0.1) is 0 Å². The Bertz CT molecular complexity index is 1130. The van der Waals surface area contributed by atoms with E-state index in [-0.39, 0.29) is 30.9 Å². The number of hydrogen-bond acceptors (Lipinski definition) is 6. The minimum atomic E-state index is -3.61. The number of fused-ring (bicyclic) bond motifs is 1. The zero-order chi connectivity index (χ0) is 23.3. The molecule has 9 nitrogen and oxygen atoms in total. The molecule has 0 spiro atoms. The number of carbonyl (C=O) groups is 2. The predicted octanol–water partition coefficient (Wildman–Crippen LogP) is 1.84. The zero-order valence-electron chi connectivity index (χ0n) is 18.2. The number of carbonyl (C=O) groups excluding carboxylic acids is 2. The fourth-order valence-electron chi connectivity index (χ4n) is 4.13. The van der Waals surface area contributed by atoms with Crippen molar-refractivity contribution in [1.29, 1.82) is 5.26 Å². The summed E-state index contributed by atoms with van der Waals surface area (Å²) in [6, 6.07) is 10.3. The Kier molecular flexibility index (Phi) is 7.53. The van der Waals surface area contributed by atoms with Gasteiger partial charge >= 0.3 is 0 Å². The van der Waals surface area contributed by atoms with E-state index in [1.807, 2.05) is 48.0 Å². The number of nitrogens with one attached hydrogen (secondary N) is 2. The van der Waals surface area contributed by atoms with Gasteiger partial charge in [-0.25, -0.2) is 0 Å². The first-order valence-corrected chi connectivity index (χ1v) is 12.4. The summed E-state index contributed by atoms with van der Waals surface area (Å²) >= 11 is 0. The van der Waals surface area contributed by atoms with Crippen LogP contribution in [0.15, 0.2) is 30.3 Å². The van der Waals surface area contributed by atoms with Gasteiger partial charge in [-0.05, 0) is 25.0 Å². The van der Waals surface area contributed by atoms with E-state index in [0.717, 1.165) is 30.0 Å². The third-order valence-corrected chi connectivity index (χ3v) is 6.37. The van der Waals surface area contributed by atoms with Gasteiger partial charge in [0, 0.05) is 30.4 Å². The van der Waals surface area contributed by atoms with E-state index in [1.54, 1.807) is 0 Å². The van der Waals surface area contributed by atoms with Crippen molar-refractivity contribution >= 4 is 32.8 Å². The van der Waals surface area contributed by atoms with Gasteiger partial charge in [-0.2, -0.15) is 13.7 Å². The van der Waals surface area contributed by atoms with E-state index in [0.29, 0.717) is 18.5 Å². The Labute approximate surface area is 187 Å². The van der Waals surface area contributed by atoms with Crippen LogP contribution in [-0.2, 0) is 26.1 Å². The van der Waals surface area contributed by atoms with Gasteiger partial charge in [-0.3, -0.25) is 13.8 Å². The van der Waals surface area contributed by atoms with E-state index in [4.69, 9.17) is 0 Å². The molecule has 0 aliphatic heterocycles. The highest BCUT2D eigenvalue weighted by Gasteiger charge is 2.33. The molecule has 172 valence electrons. The molecule has 1 saturated carbocycles. The second-order valence-electron chi connectivity index (χ2n) is 8.12. The second-order valence-corrected chi connectivity index (χ2v) is 9.77. The van der Waals surface area contributed by atoms with Crippen molar-refractivity contribution in [2.45, 2.75) is 44.2 Å². The minimum Gasteiger partial charge on any atom is -0.347 e. The van der Waals surface area contributed by atoms with Crippen LogP contribution in [0.3, 0.4) is 0 Å². The van der Waals surface area contributed by atoms with Crippen LogP contribution in [0.5, 0.6) is 0 Å². The molecule has 1 aromatic carbocycles. The predicted molar refractivity (Wildman–Crippen MR) is 119 cm³/mol. The Morgan fingerprint density at radius 2 is 2.00 bits per heavy atom. The minimum absolute atomic E-state index is 0.0506. The highest BCUT2D eigenvalue weighted by molar-refractivity contribution is 7.85. The zero-order valence-corrected chi connectivity index (χ0v) is 19.0. The number of nitriles is 1.